The van der Waals surface area contributed by atoms with Gasteiger partial charge in [0.15, 0.2) is 0 Å². The Balaban J connectivity index is 0. The summed E-state index contributed by atoms with van der Waals surface area (Å²) in [6, 6.07) is 0. The van der Waals surface area contributed by atoms with Gasteiger partial charge in [-0.2, -0.15) is 0 Å². The fourth-order valence-corrected chi connectivity index (χ4v) is 27.6. The van der Waals surface area contributed by atoms with Gasteiger partial charge in [-0.05, 0) is 0 Å². The second-order valence-corrected chi connectivity index (χ2v) is 30.0. The summed E-state index contributed by atoms with van der Waals surface area (Å²) in [5.74, 6) is 0. The van der Waals surface area contributed by atoms with Gasteiger partial charge in [-0.3, -0.25) is 0 Å². The van der Waals surface area contributed by atoms with Gasteiger partial charge < -0.3 is 0 Å². The first-order valence-corrected chi connectivity index (χ1v) is 23.5. The molecule has 7 heavy (non-hydrogen) atoms. The molecule has 0 aliphatic rings. The van der Waals surface area contributed by atoms with Crippen molar-refractivity contribution in [2.75, 3.05) is 0 Å². The van der Waals surface area contributed by atoms with Gasteiger partial charge >= 0.3 is 88.8 Å². The molecule has 0 aromatic heterocycles. The zero-order chi connectivity index (χ0) is 6.12. The second kappa shape index (κ2) is 16.2. The van der Waals surface area contributed by atoms with Crippen LogP contribution >= 0.6 is 33.4 Å². The molecule has 0 heterocycles. The van der Waals surface area contributed by atoms with Gasteiger partial charge in [0.1, 0.15) is 0 Å². The van der Waals surface area contributed by atoms with Crippen LogP contribution in [0.4, 0.5) is 0 Å². The van der Waals surface area contributed by atoms with Crippen LogP contribution in [0.5, 0.6) is 0 Å². The molecule has 0 amide bonds. The van der Waals surface area contributed by atoms with Gasteiger partial charge in [-0.1, -0.05) is 0 Å². The molecule has 0 nitrogen and oxygen atoms in total. The Morgan fingerprint density at radius 3 is 1.43 bits per heavy atom. The van der Waals surface area contributed by atoms with E-state index in [2.05, 4.69) is 10.1 Å². The van der Waals surface area contributed by atoms with Gasteiger partial charge in [0.05, 0.1) is 0 Å². The quantitative estimate of drug-likeness (QED) is 0.622. The molecule has 7 heteroatoms. The summed E-state index contributed by atoms with van der Waals surface area (Å²) in [4.78, 5) is 0. The Hall–Kier alpha value is 3.37. The summed E-state index contributed by atoms with van der Waals surface area (Å²) < 4.78 is 0. The minimum atomic E-state index is -0.448. The van der Waals surface area contributed by atoms with Crippen molar-refractivity contribution in [1.82, 2.24) is 0 Å². The van der Waals surface area contributed by atoms with E-state index in [0.29, 0.717) is 0 Å². The number of hydrogen-bond acceptors (Lipinski definition) is 4. The summed E-state index contributed by atoms with van der Waals surface area (Å²) in [7, 11) is 13.8. The molecule has 0 spiro atoms. The van der Waals surface area contributed by atoms with E-state index in [1.54, 1.807) is 0 Å². The Kier molecular flexibility index (Phi) is 30.0. The molecule has 0 bridgehead atoms. The Morgan fingerprint density at radius 2 is 1.43 bits per heavy atom. The first kappa shape index (κ1) is 13.0. The third-order valence-electron chi connectivity index (χ3n) is 0.111. The van der Waals surface area contributed by atoms with Crippen molar-refractivity contribution >= 4 is 72.2 Å². The predicted octanol–water partition coefficient (Wildman–Crippen LogP) is 1.83. The topological polar surface area (TPSA) is 0 Å². The molecule has 0 saturated carbocycles. The summed E-state index contributed by atoms with van der Waals surface area (Å²) in [5.41, 5.74) is 0. The number of hydrogen-bond donors (Lipinski definition) is 0. The van der Waals surface area contributed by atoms with E-state index in [0.717, 1.165) is 16.6 Å². The Labute approximate surface area is 86.5 Å². The zero-order valence-corrected chi connectivity index (χ0v) is 16.3. The average molecular weight is 423 g/mol. The molecule has 0 aliphatic heterocycles. The van der Waals surface area contributed by atoms with Crippen LogP contribution in [0.3, 0.4) is 0 Å². The average Bonchev–Trinajstić information content (AvgIpc) is 1.75. The molecule has 0 fully saturated rings. The fraction of sp³-hybridized carbons (Fsp3) is 0. The van der Waals surface area contributed by atoms with Crippen LogP contribution in [0.15, 0.2) is 0 Å². The monoisotopic (exact) mass is 422 g/mol. The first-order chi connectivity index (χ1) is 3.41. The minimum absolute atomic E-state index is 0.448. The standard InChI is InChI=1S/2In.4S.Zn. The van der Waals surface area contributed by atoms with E-state index in [9.17, 15) is 0 Å². The van der Waals surface area contributed by atoms with Gasteiger partial charge in [-0.15, -0.1) is 0 Å². The second-order valence-electron chi connectivity index (χ2n) is 0.329. The van der Waals surface area contributed by atoms with Crippen LogP contribution in [0.2, 0.25) is 0 Å². The first-order valence-electron chi connectivity index (χ1n) is 1.23. The van der Waals surface area contributed by atoms with Gasteiger partial charge in [0, 0.05) is 0 Å². The van der Waals surface area contributed by atoms with E-state index >= 15 is 0 Å². The van der Waals surface area contributed by atoms with E-state index < -0.39 is 38.9 Å². The van der Waals surface area contributed by atoms with Crippen molar-refractivity contribution < 1.29 is 16.6 Å². The Bertz CT molecular complexity index is 47.7. The predicted molar refractivity (Wildman–Crippen MR) is 41.9 cm³/mol. The van der Waals surface area contributed by atoms with Gasteiger partial charge in [0.2, 0.25) is 0 Å². The molecule has 0 N–H and O–H groups in total. The van der Waals surface area contributed by atoms with Crippen LogP contribution in [0, 0.1) is 0 Å². The van der Waals surface area contributed by atoms with Crippen LogP contribution in [-0.4, -0.2) is 38.9 Å². The zero-order valence-electron chi connectivity index (χ0n) is 3.49. The van der Waals surface area contributed by atoms with Crippen LogP contribution in [0.1, 0.15) is 0 Å². The van der Waals surface area contributed by atoms with Crippen LogP contribution < -0.4 is 0 Å². The molecular formula is In2S4Zn. The van der Waals surface area contributed by atoms with E-state index in [4.69, 9.17) is 17.8 Å². The number of rotatable bonds is 2. The van der Waals surface area contributed by atoms with E-state index in [1.165, 1.54) is 0 Å². The molecule has 0 rings (SSSR count). The summed E-state index contributed by atoms with van der Waals surface area (Å²) in [6.07, 6.45) is 0. The molecule has 32 valence electrons. The molecular weight excluding hydrogens is 423 g/mol. The van der Waals surface area contributed by atoms with Crippen LogP contribution in [0.25, 0.3) is 0 Å². The SMILES string of the molecule is [S]=[In][S][In]=[S].[S]=[Zn]. The molecule has 0 aromatic rings. The van der Waals surface area contributed by atoms with Crippen molar-refractivity contribution in [2.24, 2.45) is 0 Å². The maximum atomic E-state index is 4.78. The molecule has 0 saturated heterocycles. The molecule has 0 unspecified atom stereocenters. The van der Waals surface area contributed by atoms with Crippen molar-refractivity contribution in [3.63, 3.8) is 0 Å². The Morgan fingerprint density at radius 1 is 1.14 bits per heavy atom. The van der Waals surface area contributed by atoms with Crippen molar-refractivity contribution in [3.8, 4) is 0 Å². The summed E-state index contributed by atoms with van der Waals surface area (Å²) >= 11 is 0.0625. The van der Waals surface area contributed by atoms with Crippen molar-refractivity contribution in [1.29, 1.82) is 0 Å². The van der Waals surface area contributed by atoms with E-state index in [1.807, 2.05) is 5.41 Å². The summed E-state index contributed by atoms with van der Waals surface area (Å²) in [5, 5.41) is 1.97. The van der Waals surface area contributed by atoms with Gasteiger partial charge in [0.25, 0.3) is 0 Å². The third-order valence-corrected chi connectivity index (χ3v) is 45.0. The van der Waals surface area contributed by atoms with Crippen LogP contribution in [-0.2, 0) is 16.6 Å². The van der Waals surface area contributed by atoms with Crippen molar-refractivity contribution in [3.05, 3.63) is 0 Å². The van der Waals surface area contributed by atoms with E-state index in [-0.39, 0.29) is 0 Å². The van der Waals surface area contributed by atoms with Crippen molar-refractivity contribution in [2.45, 2.75) is 0 Å². The normalized spacial score (nSPS) is 4.29. The molecule has 0 radical (unpaired) electrons. The maximum absolute atomic E-state index is 4.78. The fourth-order valence-electron chi connectivity index (χ4n) is 0.0227. The summed E-state index contributed by atoms with van der Waals surface area (Å²) in [6.45, 7) is 0. The molecule has 0 atom stereocenters. The van der Waals surface area contributed by atoms with Gasteiger partial charge in [-0.25, -0.2) is 0 Å². The third kappa shape index (κ3) is 17.6. The molecule has 0 aliphatic carbocycles. The molecule has 0 aromatic carbocycles.